The van der Waals surface area contributed by atoms with Crippen molar-refractivity contribution >= 4 is 12.0 Å². The van der Waals surface area contributed by atoms with Crippen molar-refractivity contribution in [3.63, 3.8) is 0 Å². The fourth-order valence-electron chi connectivity index (χ4n) is 3.07. The van der Waals surface area contributed by atoms with Crippen LogP contribution in [0, 0.1) is 11.7 Å². The van der Waals surface area contributed by atoms with Crippen LogP contribution >= 0.6 is 0 Å². The summed E-state index contributed by atoms with van der Waals surface area (Å²) in [6, 6.07) is 4.91. The van der Waals surface area contributed by atoms with Crippen molar-refractivity contribution in [1.82, 2.24) is 4.90 Å². The van der Waals surface area contributed by atoms with E-state index in [1.807, 2.05) is 17.9 Å². The molecule has 0 aliphatic carbocycles. The predicted octanol–water partition coefficient (Wildman–Crippen LogP) is 3.04. The summed E-state index contributed by atoms with van der Waals surface area (Å²) in [7, 11) is 0. The number of epoxide rings is 1. The number of carbonyl (C=O) groups excluding carboxylic acids is 1. The van der Waals surface area contributed by atoms with Gasteiger partial charge in [0.1, 0.15) is 5.82 Å². The van der Waals surface area contributed by atoms with Crippen molar-refractivity contribution in [1.29, 1.82) is 0 Å². The summed E-state index contributed by atoms with van der Waals surface area (Å²) < 4.78 is 18.8. The molecule has 3 rings (SSSR count). The molecule has 2 heterocycles. The average molecular weight is 303 g/mol. The molecule has 2 aliphatic rings. The van der Waals surface area contributed by atoms with E-state index in [-0.39, 0.29) is 11.7 Å². The number of aryl methyl sites for hydroxylation is 1. The molecule has 0 N–H and O–H groups in total. The lowest BCUT2D eigenvalue weighted by atomic mass is 9.94. The normalized spacial score (nSPS) is 22.3. The van der Waals surface area contributed by atoms with E-state index in [0.29, 0.717) is 12.0 Å². The molecule has 2 fully saturated rings. The topological polar surface area (TPSA) is 32.8 Å². The molecule has 0 radical (unpaired) electrons. The molecular weight excluding hydrogens is 281 g/mol. The minimum atomic E-state index is -0.253. The van der Waals surface area contributed by atoms with Gasteiger partial charge in [-0.15, -0.1) is 0 Å². The Balaban J connectivity index is 1.58. The van der Waals surface area contributed by atoms with Crippen LogP contribution in [-0.4, -0.2) is 36.6 Å². The maximum atomic E-state index is 13.5. The van der Waals surface area contributed by atoms with E-state index in [1.54, 1.807) is 12.2 Å². The number of likely N-dealkylation sites (tertiary alicyclic amines) is 1. The molecular formula is C18H22FNO2. The second-order valence-electron chi connectivity index (χ2n) is 6.11. The monoisotopic (exact) mass is 303 g/mol. The first-order valence-electron chi connectivity index (χ1n) is 8.04. The first kappa shape index (κ1) is 15.2. The summed E-state index contributed by atoms with van der Waals surface area (Å²) in [6.45, 7) is 4.45. The Hall–Kier alpha value is -1.68. The minimum absolute atomic E-state index is 0.0116. The number of nitrogens with zero attached hydrogens (tertiary/aromatic N) is 1. The molecule has 22 heavy (non-hydrogen) atoms. The van der Waals surface area contributed by atoms with Crippen LogP contribution in [0.25, 0.3) is 6.08 Å². The molecule has 2 saturated heterocycles. The number of hydrogen-bond donors (Lipinski definition) is 0. The van der Waals surface area contributed by atoms with Crippen molar-refractivity contribution in [3.8, 4) is 0 Å². The maximum Gasteiger partial charge on any atom is 0.246 e. The quantitative estimate of drug-likeness (QED) is 0.632. The molecule has 1 unspecified atom stereocenters. The van der Waals surface area contributed by atoms with E-state index in [2.05, 4.69) is 0 Å². The van der Waals surface area contributed by atoms with Crippen molar-refractivity contribution in [2.45, 2.75) is 32.3 Å². The smallest absolute Gasteiger partial charge is 0.246 e. The highest BCUT2D eigenvalue weighted by Gasteiger charge is 2.35. The van der Waals surface area contributed by atoms with Crippen LogP contribution in [-0.2, 0) is 16.0 Å². The zero-order valence-corrected chi connectivity index (χ0v) is 12.9. The number of hydrogen-bond acceptors (Lipinski definition) is 2. The lowest BCUT2D eigenvalue weighted by Crippen LogP contribution is -2.38. The zero-order valence-electron chi connectivity index (χ0n) is 12.9. The third kappa shape index (κ3) is 3.74. The summed E-state index contributed by atoms with van der Waals surface area (Å²) >= 11 is 0. The van der Waals surface area contributed by atoms with Gasteiger partial charge in [-0.25, -0.2) is 4.39 Å². The fourth-order valence-corrected chi connectivity index (χ4v) is 3.07. The maximum absolute atomic E-state index is 13.5. The van der Waals surface area contributed by atoms with Crippen LogP contribution in [0.2, 0.25) is 0 Å². The highest BCUT2D eigenvalue weighted by Crippen LogP contribution is 2.29. The average Bonchev–Trinajstić information content (AvgIpc) is 3.37. The van der Waals surface area contributed by atoms with E-state index in [0.717, 1.165) is 50.1 Å². The van der Waals surface area contributed by atoms with Gasteiger partial charge in [-0.3, -0.25) is 4.79 Å². The van der Waals surface area contributed by atoms with Gasteiger partial charge in [0.15, 0.2) is 0 Å². The molecule has 4 heteroatoms. The molecule has 1 aromatic rings. The van der Waals surface area contributed by atoms with E-state index in [4.69, 9.17) is 4.74 Å². The Morgan fingerprint density at radius 1 is 1.36 bits per heavy atom. The Bertz CT molecular complexity index is 572. The van der Waals surface area contributed by atoms with Crippen molar-refractivity contribution < 1.29 is 13.9 Å². The van der Waals surface area contributed by atoms with E-state index >= 15 is 0 Å². The number of amides is 1. The SMILES string of the molecule is CCc1cc(F)cc(/C=C/C(=O)N2CCC(C3CO3)CC2)c1. The number of rotatable bonds is 4. The molecule has 2 aliphatic heterocycles. The third-order valence-electron chi connectivity index (χ3n) is 4.54. The lowest BCUT2D eigenvalue weighted by molar-refractivity contribution is -0.127. The van der Waals surface area contributed by atoms with Gasteiger partial charge in [0.25, 0.3) is 0 Å². The minimum Gasteiger partial charge on any atom is -0.373 e. The molecule has 0 spiro atoms. The standard InChI is InChI=1S/C18H22FNO2/c1-2-13-9-14(11-16(19)10-13)3-4-18(21)20-7-5-15(6-8-20)17-12-22-17/h3-4,9-11,15,17H,2,5-8,12H2,1H3/b4-3+. The van der Waals surface area contributed by atoms with Gasteiger partial charge in [0.05, 0.1) is 12.7 Å². The first-order valence-corrected chi connectivity index (χ1v) is 8.04. The van der Waals surface area contributed by atoms with Crippen LogP contribution in [0.15, 0.2) is 24.3 Å². The van der Waals surface area contributed by atoms with Gasteiger partial charge in [0.2, 0.25) is 5.91 Å². The van der Waals surface area contributed by atoms with Crippen molar-refractivity contribution in [2.24, 2.45) is 5.92 Å². The van der Waals surface area contributed by atoms with E-state index < -0.39 is 0 Å². The largest absolute Gasteiger partial charge is 0.373 e. The highest BCUT2D eigenvalue weighted by atomic mass is 19.1. The van der Waals surface area contributed by atoms with Gasteiger partial charge >= 0.3 is 0 Å². The molecule has 3 nitrogen and oxygen atoms in total. The molecule has 118 valence electrons. The molecule has 0 aromatic heterocycles. The molecule has 1 amide bonds. The van der Waals surface area contributed by atoms with Crippen molar-refractivity contribution in [3.05, 3.63) is 41.2 Å². The van der Waals surface area contributed by atoms with Crippen LogP contribution in [0.3, 0.4) is 0 Å². The van der Waals surface area contributed by atoms with Gasteiger partial charge in [0, 0.05) is 19.2 Å². The molecule has 0 bridgehead atoms. The summed E-state index contributed by atoms with van der Waals surface area (Å²) in [5, 5.41) is 0. The Kier molecular flexibility index (Phi) is 4.57. The van der Waals surface area contributed by atoms with Gasteiger partial charge in [-0.05, 0) is 54.5 Å². The Labute approximate surface area is 130 Å². The first-order chi connectivity index (χ1) is 10.7. The highest BCUT2D eigenvalue weighted by molar-refractivity contribution is 5.91. The van der Waals surface area contributed by atoms with Crippen molar-refractivity contribution in [2.75, 3.05) is 19.7 Å². The van der Waals surface area contributed by atoms with E-state index in [1.165, 1.54) is 12.1 Å². The number of ether oxygens (including phenoxy) is 1. The number of piperidine rings is 1. The molecule has 1 atom stereocenters. The van der Waals surface area contributed by atoms with Gasteiger partial charge in [-0.1, -0.05) is 13.0 Å². The number of benzene rings is 1. The van der Waals surface area contributed by atoms with E-state index in [9.17, 15) is 9.18 Å². The second-order valence-corrected chi connectivity index (χ2v) is 6.11. The zero-order chi connectivity index (χ0) is 15.5. The molecule has 0 saturated carbocycles. The molecule has 1 aromatic carbocycles. The predicted molar refractivity (Wildman–Crippen MR) is 83.9 cm³/mol. The van der Waals surface area contributed by atoms with Gasteiger partial charge < -0.3 is 9.64 Å². The van der Waals surface area contributed by atoms with Crippen LogP contribution < -0.4 is 0 Å². The van der Waals surface area contributed by atoms with Crippen LogP contribution in [0.5, 0.6) is 0 Å². The summed E-state index contributed by atoms with van der Waals surface area (Å²) in [6.07, 6.45) is 6.52. The fraction of sp³-hybridized carbons (Fsp3) is 0.500. The second kappa shape index (κ2) is 6.61. The lowest BCUT2D eigenvalue weighted by Gasteiger charge is -2.30. The summed E-state index contributed by atoms with van der Waals surface area (Å²) in [5.41, 5.74) is 1.68. The number of carbonyl (C=O) groups is 1. The Morgan fingerprint density at radius 2 is 2.09 bits per heavy atom. The van der Waals surface area contributed by atoms with Gasteiger partial charge in [-0.2, -0.15) is 0 Å². The van der Waals surface area contributed by atoms with Crippen LogP contribution in [0.4, 0.5) is 4.39 Å². The Morgan fingerprint density at radius 3 is 2.73 bits per heavy atom. The third-order valence-corrected chi connectivity index (χ3v) is 4.54. The summed E-state index contributed by atoms with van der Waals surface area (Å²) in [4.78, 5) is 14.1. The van der Waals surface area contributed by atoms with Crippen LogP contribution in [0.1, 0.15) is 30.9 Å². The number of halogens is 1. The summed E-state index contributed by atoms with van der Waals surface area (Å²) in [5.74, 6) is 0.373.